The molecule has 0 aliphatic carbocycles. The average Bonchev–Trinajstić information content (AvgIpc) is 2.47. The second-order valence-electron chi connectivity index (χ2n) is 4.61. The van der Waals surface area contributed by atoms with Crippen molar-refractivity contribution >= 4 is 11.6 Å². The number of ether oxygens (including phenoxy) is 2. The quantitative estimate of drug-likeness (QED) is 0.752. The summed E-state index contributed by atoms with van der Waals surface area (Å²) in [5.41, 5.74) is 2.08. The van der Waals surface area contributed by atoms with E-state index in [1.807, 2.05) is 49.4 Å². The third kappa shape index (κ3) is 4.70. The smallest absolute Gasteiger partial charge is 0.138 e. The summed E-state index contributed by atoms with van der Waals surface area (Å²) in [5, 5.41) is 9.21. The van der Waals surface area contributed by atoms with Crippen molar-refractivity contribution in [2.75, 3.05) is 13.2 Å². The minimum absolute atomic E-state index is 0.412. The molecule has 0 unspecified atom stereocenters. The van der Waals surface area contributed by atoms with Gasteiger partial charge in [-0.3, -0.25) is 0 Å². The Morgan fingerprint density at radius 2 is 1.76 bits per heavy atom. The van der Waals surface area contributed by atoms with E-state index in [4.69, 9.17) is 26.3 Å². The SMILES string of the molecule is Cc1ccc(OCCOc2ccc(CC#N)cc2)c(Cl)c1. The molecule has 0 spiro atoms. The van der Waals surface area contributed by atoms with Crippen LogP contribution < -0.4 is 9.47 Å². The van der Waals surface area contributed by atoms with E-state index in [9.17, 15) is 0 Å². The minimum atomic E-state index is 0.412. The zero-order valence-corrected chi connectivity index (χ0v) is 12.6. The summed E-state index contributed by atoms with van der Waals surface area (Å²) in [6.45, 7) is 2.83. The molecule has 108 valence electrons. The molecule has 0 aromatic heterocycles. The summed E-state index contributed by atoms with van der Waals surface area (Å²) in [4.78, 5) is 0. The standard InChI is InChI=1S/C17H16ClNO2/c1-13-2-7-17(16(18)12-13)21-11-10-20-15-5-3-14(4-6-15)8-9-19/h2-7,12H,8,10-11H2,1H3. The minimum Gasteiger partial charge on any atom is -0.490 e. The summed E-state index contributed by atoms with van der Waals surface area (Å²) < 4.78 is 11.1. The van der Waals surface area contributed by atoms with Crippen molar-refractivity contribution in [2.24, 2.45) is 0 Å². The first-order valence-corrected chi connectivity index (χ1v) is 7.04. The van der Waals surface area contributed by atoms with Crippen LogP contribution in [-0.2, 0) is 6.42 Å². The maximum atomic E-state index is 8.60. The number of hydrogen-bond donors (Lipinski definition) is 0. The number of hydrogen-bond acceptors (Lipinski definition) is 3. The lowest BCUT2D eigenvalue weighted by molar-refractivity contribution is 0.217. The lowest BCUT2D eigenvalue weighted by Crippen LogP contribution is -2.09. The molecule has 0 aliphatic rings. The number of nitrogens with zero attached hydrogens (tertiary/aromatic N) is 1. The van der Waals surface area contributed by atoms with Crippen LogP contribution in [0.2, 0.25) is 5.02 Å². The van der Waals surface area contributed by atoms with Gasteiger partial charge in [-0.15, -0.1) is 0 Å². The zero-order chi connectivity index (χ0) is 15.1. The number of aryl methyl sites for hydroxylation is 1. The molecule has 2 rings (SSSR count). The molecule has 0 saturated heterocycles. The molecule has 0 heterocycles. The van der Waals surface area contributed by atoms with Gasteiger partial charge in [0.25, 0.3) is 0 Å². The number of rotatable bonds is 6. The molecule has 0 radical (unpaired) electrons. The van der Waals surface area contributed by atoms with E-state index in [1.54, 1.807) is 0 Å². The summed E-state index contributed by atoms with van der Waals surface area (Å²) in [6, 6.07) is 15.3. The van der Waals surface area contributed by atoms with E-state index in [2.05, 4.69) is 6.07 Å². The van der Waals surface area contributed by atoms with Crippen LogP contribution in [0.4, 0.5) is 0 Å². The van der Waals surface area contributed by atoms with Gasteiger partial charge in [0.1, 0.15) is 24.7 Å². The van der Waals surface area contributed by atoms with Crippen LogP contribution in [0.3, 0.4) is 0 Å². The highest BCUT2D eigenvalue weighted by molar-refractivity contribution is 6.32. The molecule has 3 nitrogen and oxygen atoms in total. The van der Waals surface area contributed by atoms with Crippen molar-refractivity contribution in [3.05, 3.63) is 58.6 Å². The fourth-order valence-electron chi connectivity index (χ4n) is 1.83. The molecule has 0 N–H and O–H groups in total. The predicted molar refractivity (Wildman–Crippen MR) is 82.9 cm³/mol. The van der Waals surface area contributed by atoms with Crippen molar-refractivity contribution in [3.63, 3.8) is 0 Å². The van der Waals surface area contributed by atoms with E-state index in [1.165, 1.54) is 0 Å². The van der Waals surface area contributed by atoms with E-state index in [-0.39, 0.29) is 0 Å². The van der Waals surface area contributed by atoms with E-state index in [0.29, 0.717) is 30.4 Å². The Morgan fingerprint density at radius 3 is 2.43 bits per heavy atom. The Kier molecular flexibility index (Phi) is 5.48. The van der Waals surface area contributed by atoms with Crippen LogP contribution in [0, 0.1) is 18.3 Å². The lowest BCUT2D eigenvalue weighted by Gasteiger charge is -2.10. The van der Waals surface area contributed by atoms with E-state index in [0.717, 1.165) is 16.9 Å². The first-order valence-electron chi connectivity index (χ1n) is 6.66. The monoisotopic (exact) mass is 301 g/mol. The Morgan fingerprint density at radius 1 is 1.05 bits per heavy atom. The topological polar surface area (TPSA) is 42.2 Å². The van der Waals surface area contributed by atoms with Crippen molar-refractivity contribution in [3.8, 4) is 17.6 Å². The maximum absolute atomic E-state index is 8.60. The third-order valence-electron chi connectivity index (χ3n) is 2.90. The van der Waals surface area contributed by atoms with Gasteiger partial charge in [0, 0.05) is 0 Å². The van der Waals surface area contributed by atoms with Crippen molar-refractivity contribution < 1.29 is 9.47 Å². The highest BCUT2D eigenvalue weighted by atomic mass is 35.5. The second-order valence-corrected chi connectivity index (χ2v) is 5.02. The average molecular weight is 302 g/mol. The highest BCUT2D eigenvalue weighted by Crippen LogP contribution is 2.25. The highest BCUT2D eigenvalue weighted by Gasteiger charge is 2.01. The molecule has 0 amide bonds. The van der Waals surface area contributed by atoms with Gasteiger partial charge in [-0.25, -0.2) is 0 Å². The van der Waals surface area contributed by atoms with Gasteiger partial charge in [-0.1, -0.05) is 29.8 Å². The molecule has 21 heavy (non-hydrogen) atoms. The van der Waals surface area contributed by atoms with Crippen LogP contribution in [0.1, 0.15) is 11.1 Å². The van der Waals surface area contributed by atoms with Gasteiger partial charge in [-0.2, -0.15) is 5.26 Å². The number of benzene rings is 2. The number of halogens is 1. The van der Waals surface area contributed by atoms with Gasteiger partial charge in [-0.05, 0) is 42.3 Å². The van der Waals surface area contributed by atoms with E-state index < -0.39 is 0 Å². The zero-order valence-electron chi connectivity index (χ0n) is 11.8. The molecular formula is C17H16ClNO2. The Balaban J connectivity index is 1.78. The fraction of sp³-hybridized carbons (Fsp3) is 0.235. The molecule has 0 saturated carbocycles. The normalized spacial score (nSPS) is 9.95. The van der Waals surface area contributed by atoms with Gasteiger partial charge in [0.2, 0.25) is 0 Å². The molecule has 0 fully saturated rings. The first-order chi connectivity index (χ1) is 10.2. The second kappa shape index (κ2) is 7.56. The van der Waals surface area contributed by atoms with Gasteiger partial charge in [0.15, 0.2) is 0 Å². The Bertz CT molecular complexity index is 632. The van der Waals surface area contributed by atoms with Gasteiger partial charge >= 0.3 is 0 Å². The molecule has 0 bridgehead atoms. The van der Waals surface area contributed by atoms with E-state index >= 15 is 0 Å². The molecule has 0 atom stereocenters. The Labute approximate surface area is 129 Å². The summed E-state index contributed by atoms with van der Waals surface area (Å²) >= 11 is 6.08. The van der Waals surface area contributed by atoms with Gasteiger partial charge < -0.3 is 9.47 Å². The molecule has 2 aromatic carbocycles. The van der Waals surface area contributed by atoms with Crippen molar-refractivity contribution in [2.45, 2.75) is 13.3 Å². The maximum Gasteiger partial charge on any atom is 0.138 e. The van der Waals surface area contributed by atoms with Crippen LogP contribution in [0.5, 0.6) is 11.5 Å². The first kappa shape index (κ1) is 15.2. The predicted octanol–water partition coefficient (Wildman–Crippen LogP) is 4.17. The number of nitriles is 1. The summed E-state index contributed by atoms with van der Waals surface area (Å²) in [7, 11) is 0. The third-order valence-corrected chi connectivity index (χ3v) is 3.20. The summed E-state index contributed by atoms with van der Waals surface area (Å²) in [5.74, 6) is 1.42. The fourth-order valence-corrected chi connectivity index (χ4v) is 2.12. The van der Waals surface area contributed by atoms with Crippen LogP contribution in [0.15, 0.2) is 42.5 Å². The van der Waals surface area contributed by atoms with Crippen molar-refractivity contribution in [1.82, 2.24) is 0 Å². The largest absolute Gasteiger partial charge is 0.490 e. The van der Waals surface area contributed by atoms with Gasteiger partial charge in [0.05, 0.1) is 17.5 Å². The lowest BCUT2D eigenvalue weighted by atomic mass is 10.2. The molecule has 0 aliphatic heterocycles. The molecular weight excluding hydrogens is 286 g/mol. The van der Waals surface area contributed by atoms with Crippen LogP contribution >= 0.6 is 11.6 Å². The summed E-state index contributed by atoms with van der Waals surface area (Å²) in [6.07, 6.45) is 0.412. The van der Waals surface area contributed by atoms with Crippen LogP contribution in [-0.4, -0.2) is 13.2 Å². The molecule has 4 heteroatoms. The van der Waals surface area contributed by atoms with Crippen LogP contribution in [0.25, 0.3) is 0 Å². The molecule has 2 aromatic rings. The van der Waals surface area contributed by atoms with Crippen molar-refractivity contribution in [1.29, 1.82) is 5.26 Å². The Hall–Kier alpha value is -2.18.